The van der Waals surface area contributed by atoms with Crippen LogP contribution in [0.1, 0.15) is 63.5 Å². The minimum Gasteiger partial charge on any atom is -0.335 e. The Morgan fingerprint density at radius 2 is 1.87 bits per heavy atom. The van der Waals surface area contributed by atoms with Gasteiger partial charge in [0.05, 0.1) is 12.1 Å². The molecule has 170 valence electrons. The molecule has 2 N–H and O–H groups in total. The predicted molar refractivity (Wildman–Crippen MR) is 128 cm³/mol. The Bertz CT molecular complexity index is 913. The summed E-state index contributed by atoms with van der Waals surface area (Å²) in [6.07, 6.45) is 6.60. The fourth-order valence-electron chi connectivity index (χ4n) is 4.54. The predicted octanol–water partition coefficient (Wildman–Crippen LogP) is 4.41. The third-order valence-corrected chi connectivity index (χ3v) is 6.54. The van der Waals surface area contributed by atoms with Gasteiger partial charge in [-0.3, -0.25) is 4.79 Å². The molecule has 31 heavy (non-hydrogen) atoms. The highest BCUT2D eigenvalue weighted by Crippen LogP contribution is 2.19. The van der Waals surface area contributed by atoms with E-state index in [2.05, 4.69) is 29.0 Å². The van der Waals surface area contributed by atoms with Gasteiger partial charge in [0, 0.05) is 18.2 Å². The highest BCUT2D eigenvalue weighted by Gasteiger charge is 2.21. The minimum absolute atomic E-state index is 0.0461. The molecule has 6 heteroatoms. The zero-order chi connectivity index (χ0) is 22.2. The first kappa shape index (κ1) is 23.3. The molecule has 1 aliphatic rings. The van der Waals surface area contributed by atoms with E-state index in [0.717, 1.165) is 55.4 Å². The lowest BCUT2D eigenvalue weighted by Gasteiger charge is -2.29. The zero-order valence-electron chi connectivity index (χ0n) is 19.4. The number of aryl methyl sites for hydroxylation is 1. The Balaban J connectivity index is 1.76. The molecule has 1 saturated carbocycles. The Morgan fingerprint density at radius 1 is 1.13 bits per heavy atom. The van der Waals surface area contributed by atoms with Crippen LogP contribution in [0.2, 0.25) is 0 Å². The van der Waals surface area contributed by atoms with Gasteiger partial charge in [0.15, 0.2) is 0 Å². The maximum Gasteiger partial charge on any atom is 0.317 e. The maximum absolute atomic E-state index is 13.1. The second-order valence-corrected chi connectivity index (χ2v) is 8.75. The van der Waals surface area contributed by atoms with E-state index in [1.807, 2.05) is 36.1 Å². The van der Waals surface area contributed by atoms with E-state index >= 15 is 0 Å². The molecule has 1 aliphatic carbocycles. The number of pyridine rings is 1. The van der Waals surface area contributed by atoms with Gasteiger partial charge in [0.25, 0.3) is 5.56 Å². The molecule has 1 aromatic carbocycles. The second kappa shape index (κ2) is 11.3. The largest absolute Gasteiger partial charge is 0.335 e. The van der Waals surface area contributed by atoms with Crippen LogP contribution in [0.15, 0.2) is 29.1 Å². The number of H-pyrrole nitrogens is 1. The van der Waals surface area contributed by atoms with Gasteiger partial charge in [0.1, 0.15) is 0 Å². The third kappa shape index (κ3) is 6.33. The molecule has 0 radical (unpaired) electrons. The monoisotopic (exact) mass is 426 g/mol. The van der Waals surface area contributed by atoms with Gasteiger partial charge in [-0.1, -0.05) is 51.3 Å². The molecule has 0 spiro atoms. The number of nitrogens with one attached hydrogen (secondary N) is 2. The number of para-hydroxylation sites is 1. The van der Waals surface area contributed by atoms with Crippen molar-refractivity contribution in [1.82, 2.24) is 20.1 Å². The van der Waals surface area contributed by atoms with Crippen LogP contribution in [0.4, 0.5) is 4.79 Å². The van der Waals surface area contributed by atoms with E-state index in [1.165, 1.54) is 19.3 Å². The standard InChI is InChI=1S/C25H38N4O2/c1-4-28(5-2)15-10-16-29(25(31)26-22-13-7-6-8-14-22)18-21-17-20-12-9-11-19(3)23(20)27-24(21)30/h9,11-12,17,22H,4-8,10,13-16,18H2,1-3H3,(H,26,31)(H,27,30). The summed E-state index contributed by atoms with van der Waals surface area (Å²) in [6.45, 7) is 10.3. The smallest absolute Gasteiger partial charge is 0.317 e. The first-order valence-corrected chi connectivity index (χ1v) is 11.9. The van der Waals surface area contributed by atoms with E-state index in [9.17, 15) is 9.59 Å². The number of carbonyl (C=O) groups is 1. The fourth-order valence-corrected chi connectivity index (χ4v) is 4.54. The minimum atomic E-state index is -0.110. The van der Waals surface area contributed by atoms with Crippen molar-refractivity contribution in [2.24, 2.45) is 0 Å². The summed E-state index contributed by atoms with van der Waals surface area (Å²) < 4.78 is 0. The van der Waals surface area contributed by atoms with Crippen molar-refractivity contribution in [2.45, 2.75) is 71.9 Å². The van der Waals surface area contributed by atoms with Gasteiger partial charge in [0.2, 0.25) is 0 Å². The lowest BCUT2D eigenvalue weighted by Crippen LogP contribution is -2.46. The SMILES string of the molecule is CCN(CC)CCCN(Cc1cc2cccc(C)c2[nH]c1=O)C(=O)NC1CCCCC1. The third-order valence-electron chi connectivity index (χ3n) is 6.54. The Kier molecular flexibility index (Phi) is 8.52. The first-order valence-electron chi connectivity index (χ1n) is 11.9. The van der Waals surface area contributed by atoms with E-state index < -0.39 is 0 Å². The number of carbonyl (C=O) groups excluding carboxylic acids is 1. The second-order valence-electron chi connectivity index (χ2n) is 8.75. The molecule has 2 amide bonds. The first-order chi connectivity index (χ1) is 15.0. The number of rotatable bonds is 9. The molecular weight excluding hydrogens is 388 g/mol. The van der Waals surface area contributed by atoms with Crippen molar-refractivity contribution in [3.63, 3.8) is 0 Å². The molecule has 0 unspecified atom stereocenters. The number of urea groups is 1. The average molecular weight is 427 g/mol. The molecule has 3 rings (SSSR count). The van der Waals surface area contributed by atoms with E-state index in [1.54, 1.807) is 0 Å². The van der Waals surface area contributed by atoms with Gasteiger partial charge in [-0.25, -0.2) is 4.79 Å². The van der Waals surface area contributed by atoms with Crippen LogP contribution in [0.25, 0.3) is 10.9 Å². The molecule has 0 aliphatic heterocycles. The lowest BCUT2D eigenvalue weighted by molar-refractivity contribution is 0.182. The van der Waals surface area contributed by atoms with Gasteiger partial charge in [-0.2, -0.15) is 0 Å². The zero-order valence-corrected chi connectivity index (χ0v) is 19.4. The van der Waals surface area contributed by atoms with Crippen LogP contribution in [-0.4, -0.2) is 53.0 Å². The van der Waals surface area contributed by atoms with Crippen molar-refractivity contribution in [3.05, 3.63) is 45.7 Å². The van der Waals surface area contributed by atoms with Crippen molar-refractivity contribution in [3.8, 4) is 0 Å². The van der Waals surface area contributed by atoms with E-state index in [0.29, 0.717) is 18.7 Å². The number of hydrogen-bond donors (Lipinski definition) is 2. The molecule has 0 bridgehead atoms. The van der Waals surface area contributed by atoms with E-state index in [4.69, 9.17) is 0 Å². The van der Waals surface area contributed by atoms with Crippen molar-refractivity contribution < 1.29 is 4.79 Å². The van der Waals surface area contributed by atoms with Crippen LogP contribution in [0.3, 0.4) is 0 Å². The number of aromatic nitrogens is 1. The van der Waals surface area contributed by atoms with Crippen LogP contribution < -0.4 is 10.9 Å². The van der Waals surface area contributed by atoms with Gasteiger partial charge < -0.3 is 20.1 Å². The summed E-state index contributed by atoms with van der Waals surface area (Å²) in [6, 6.07) is 8.15. The number of aromatic amines is 1. The summed E-state index contributed by atoms with van der Waals surface area (Å²) in [4.78, 5) is 33.1. The summed E-state index contributed by atoms with van der Waals surface area (Å²) in [7, 11) is 0. The maximum atomic E-state index is 13.1. The van der Waals surface area contributed by atoms with Crippen molar-refractivity contribution in [2.75, 3.05) is 26.2 Å². The number of nitrogens with zero attached hydrogens (tertiary/aromatic N) is 2. The lowest BCUT2D eigenvalue weighted by atomic mass is 9.96. The Morgan fingerprint density at radius 3 is 2.58 bits per heavy atom. The van der Waals surface area contributed by atoms with E-state index in [-0.39, 0.29) is 17.6 Å². The number of fused-ring (bicyclic) bond motifs is 1. The average Bonchev–Trinajstić information content (AvgIpc) is 2.77. The number of hydrogen-bond acceptors (Lipinski definition) is 3. The normalized spacial score (nSPS) is 14.8. The molecule has 1 aromatic heterocycles. The number of benzene rings is 1. The molecule has 1 heterocycles. The summed E-state index contributed by atoms with van der Waals surface area (Å²) >= 11 is 0. The Hall–Kier alpha value is -2.34. The highest BCUT2D eigenvalue weighted by atomic mass is 16.2. The molecule has 2 aromatic rings. The van der Waals surface area contributed by atoms with Gasteiger partial charge >= 0.3 is 6.03 Å². The highest BCUT2D eigenvalue weighted by molar-refractivity contribution is 5.82. The van der Waals surface area contributed by atoms with Crippen LogP contribution >= 0.6 is 0 Å². The molecule has 0 atom stereocenters. The summed E-state index contributed by atoms with van der Waals surface area (Å²) in [5, 5.41) is 4.24. The Labute approximate surface area is 186 Å². The molecule has 1 fully saturated rings. The summed E-state index contributed by atoms with van der Waals surface area (Å²) in [5.41, 5.74) is 2.45. The quantitative estimate of drug-likeness (QED) is 0.624. The van der Waals surface area contributed by atoms with Crippen molar-refractivity contribution >= 4 is 16.9 Å². The molecule has 0 saturated heterocycles. The molecular formula is C25H38N4O2. The number of amides is 2. The van der Waals surface area contributed by atoms with Crippen molar-refractivity contribution in [1.29, 1.82) is 0 Å². The summed E-state index contributed by atoms with van der Waals surface area (Å²) in [5.74, 6) is 0. The topological polar surface area (TPSA) is 68.4 Å². The van der Waals surface area contributed by atoms with Gasteiger partial charge in [-0.15, -0.1) is 0 Å². The molecule has 6 nitrogen and oxygen atoms in total. The van der Waals surface area contributed by atoms with Crippen LogP contribution in [0, 0.1) is 6.92 Å². The van der Waals surface area contributed by atoms with Crippen LogP contribution in [-0.2, 0) is 6.54 Å². The fraction of sp³-hybridized carbons (Fsp3) is 0.600. The van der Waals surface area contributed by atoms with Gasteiger partial charge in [-0.05, 0) is 62.8 Å². The van der Waals surface area contributed by atoms with Crippen LogP contribution in [0.5, 0.6) is 0 Å².